The summed E-state index contributed by atoms with van der Waals surface area (Å²) in [6, 6.07) is 7.21. The summed E-state index contributed by atoms with van der Waals surface area (Å²) in [7, 11) is 0. The zero-order valence-corrected chi connectivity index (χ0v) is 7.59. The van der Waals surface area contributed by atoms with E-state index < -0.39 is 0 Å². The van der Waals surface area contributed by atoms with E-state index in [0.717, 1.165) is 5.56 Å². The summed E-state index contributed by atoms with van der Waals surface area (Å²) in [6.07, 6.45) is 0. The van der Waals surface area contributed by atoms with E-state index in [4.69, 9.17) is 5.26 Å². The Balaban J connectivity index is 3.05. The van der Waals surface area contributed by atoms with Crippen LogP contribution >= 0.6 is 0 Å². The van der Waals surface area contributed by atoms with Crippen molar-refractivity contribution in [3.8, 4) is 6.07 Å². The lowest BCUT2D eigenvalue weighted by Gasteiger charge is -2.05. The Bertz CT molecular complexity index is 377. The van der Waals surface area contributed by atoms with E-state index in [2.05, 4.69) is 5.32 Å². The van der Waals surface area contributed by atoms with Crippen molar-refractivity contribution >= 4 is 11.6 Å². The first-order valence-electron chi connectivity index (χ1n) is 3.92. The number of rotatable bonds is 1. The number of nitrogens with zero attached hydrogens (tertiary/aromatic N) is 1. The maximum Gasteiger partial charge on any atom is 0.221 e. The highest BCUT2D eigenvalue weighted by atomic mass is 16.1. The van der Waals surface area contributed by atoms with Crippen molar-refractivity contribution in [3.05, 3.63) is 29.3 Å². The van der Waals surface area contributed by atoms with E-state index in [9.17, 15) is 4.79 Å². The van der Waals surface area contributed by atoms with Crippen molar-refractivity contribution in [2.75, 3.05) is 5.32 Å². The first-order chi connectivity index (χ1) is 6.13. The van der Waals surface area contributed by atoms with Gasteiger partial charge in [0.05, 0.1) is 11.6 Å². The number of amides is 1. The SMILES string of the molecule is CC(=O)Nc1cc(C#N)ccc1C. The number of benzene rings is 1. The average molecular weight is 174 g/mol. The number of nitrogens with one attached hydrogen (secondary N) is 1. The Labute approximate surface area is 77.0 Å². The fourth-order valence-corrected chi connectivity index (χ4v) is 1.02. The van der Waals surface area contributed by atoms with Crippen molar-refractivity contribution in [2.45, 2.75) is 13.8 Å². The average Bonchev–Trinajstić information content (AvgIpc) is 2.08. The minimum absolute atomic E-state index is 0.127. The van der Waals surface area contributed by atoms with E-state index >= 15 is 0 Å². The molecule has 0 aliphatic carbocycles. The first kappa shape index (κ1) is 9.27. The van der Waals surface area contributed by atoms with E-state index in [0.29, 0.717) is 11.3 Å². The van der Waals surface area contributed by atoms with Gasteiger partial charge >= 0.3 is 0 Å². The second-order valence-corrected chi connectivity index (χ2v) is 2.82. The Morgan fingerprint density at radius 3 is 2.77 bits per heavy atom. The highest BCUT2D eigenvalue weighted by Crippen LogP contribution is 2.15. The highest BCUT2D eigenvalue weighted by molar-refractivity contribution is 5.89. The summed E-state index contributed by atoms with van der Waals surface area (Å²) in [5, 5.41) is 11.3. The summed E-state index contributed by atoms with van der Waals surface area (Å²) < 4.78 is 0. The van der Waals surface area contributed by atoms with Crippen LogP contribution in [-0.2, 0) is 4.79 Å². The second kappa shape index (κ2) is 3.72. The molecule has 0 saturated heterocycles. The lowest BCUT2D eigenvalue weighted by atomic mass is 10.1. The number of anilines is 1. The molecule has 0 saturated carbocycles. The Hall–Kier alpha value is -1.82. The maximum atomic E-state index is 10.8. The molecule has 1 rings (SSSR count). The predicted octanol–water partition coefficient (Wildman–Crippen LogP) is 1.83. The molecule has 0 spiro atoms. The largest absolute Gasteiger partial charge is 0.326 e. The van der Waals surface area contributed by atoms with Gasteiger partial charge in [-0.15, -0.1) is 0 Å². The molecule has 1 amide bonds. The summed E-state index contributed by atoms with van der Waals surface area (Å²) >= 11 is 0. The van der Waals surface area contributed by atoms with Crippen molar-refractivity contribution in [3.63, 3.8) is 0 Å². The van der Waals surface area contributed by atoms with Crippen molar-refractivity contribution in [1.29, 1.82) is 5.26 Å². The molecule has 0 heterocycles. The zero-order valence-electron chi connectivity index (χ0n) is 7.59. The molecule has 3 heteroatoms. The Kier molecular flexibility index (Phi) is 2.65. The molecule has 0 radical (unpaired) electrons. The van der Waals surface area contributed by atoms with Gasteiger partial charge in [0, 0.05) is 12.6 Å². The molecule has 1 N–H and O–H groups in total. The third kappa shape index (κ3) is 2.31. The van der Waals surface area contributed by atoms with E-state index in [-0.39, 0.29) is 5.91 Å². The third-order valence-corrected chi connectivity index (χ3v) is 1.68. The van der Waals surface area contributed by atoms with Crippen molar-refractivity contribution in [2.24, 2.45) is 0 Å². The van der Waals surface area contributed by atoms with Gasteiger partial charge in [-0.05, 0) is 24.6 Å². The van der Waals surface area contributed by atoms with Crippen LogP contribution < -0.4 is 5.32 Å². The van der Waals surface area contributed by atoms with Crippen LogP contribution in [0.25, 0.3) is 0 Å². The van der Waals surface area contributed by atoms with Gasteiger partial charge in [-0.1, -0.05) is 6.07 Å². The molecule has 1 aromatic carbocycles. The molecule has 0 aliphatic rings. The molecule has 3 nitrogen and oxygen atoms in total. The van der Waals surface area contributed by atoms with Crippen LogP contribution in [0.15, 0.2) is 18.2 Å². The quantitative estimate of drug-likeness (QED) is 0.706. The van der Waals surface area contributed by atoms with Crippen molar-refractivity contribution < 1.29 is 4.79 Å². The summed E-state index contributed by atoms with van der Waals surface area (Å²) in [4.78, 5) is 10.8. The molecule has 0 unspecified atom stereocenters. The van der Waals surface area contributed by atoms with E-state index in [1.807, 2.05) is 19.1 Å². The minimum atomic E-state index is -0.127. The maximum absolute atomic E-state index is 10.8. The van der Waals surface area contributed by atoms with Gasteiger partial charge in [0.15, 0.2) is 0 Å². The molecule has 0 aromatic heterocycles. The Morgan fingerprint density at radius 2 is 2.23 bits per heavy atom. The number of aryl methyl sites for hydroxylation is 1. The van der Waals surface area contributed by atoms with E-state index in [1.165, 1.54) is 6.92 Å². The summed E-state index contributed by atoms with van der Waals surface area (Å²) in [5.74, 6) is -0.127. The van der Waals surface area contributed by atoms with Gasteiger partial charge in [-0.25, -0.2) is 0 Å². The van der Waals surface area contributed by atoms with Gasteiger partial charge in [0.2, 0.25) is 5.91 Å². The van der Waals surface area contributed by atoms with Gasteiger partial charge < -0.3 is 5.32 Å². The molecule has 13 heavy (non-hydrogen) atoms. The standard InChI is InChI=1S/C10H10N2O/c1-7-3-4-9(6-11)5-10(7)12-8(2)13/h3-5H,1-2H3,(H,12,13). The lowest BCUT2D eigenvalue weighted by Crippen LogP contribution is -2.07. The fourth-order valence-electron chi connectivity index (χ4n) is 1.02. The summed E-state index contributed by atoms with van der Waals surface area (Å²) in [6.45, 7) is 3.32. The zero-order chi connectivity index (χ0) is 9.84. The Morgan fingerprint density at radius 1 is 1.54 bits per heavy atom. The third-order valence-electron chi connectivity index (χ3n) is 1.68. The molecule has 0 aliphatic heterocycles. The van der Waals surface area contributed by atoms with Crippen LogP contribution in [0, 0.1) is 18.3 Å². The molecule has 1 aromatic rings. The van der Waals surface area contributed by atoms with Crippen LogP contribution in [0.4, 0.5) is 5.69 Å². The fraction of sp³-hybridized carbons (Fsp3) is 0.200. The highest BCUT2D eigenvalue weighted by Gasteiger charge is 2.00. The minimum Gasteiger partial charge on any atom is -0.326 e. The monoisotopic (exact) mass is 174 g/mol. The van der Waals surface area contributed by atoms with Gasteiger partial charge in [0.25, 0.3) is 0 Å². The molecular formula is C10H10N2O. The van der Waals surface area contributed by atoms with Gasteiger partial charge in [0.1, 0.15) is 0 Å². The van der Waals surface area contributed by atoms with Crippen LogP contribution in [0.5, 0.6) is 0 Å². The lowest BCUT2D eigenvalue weighted by molar-refractivity contribution is -0.114. The topological polar surface area (TPSA) is 52.9 Å². The van der Waals surface area contributed by atoms with Gasteiger partial charge in [-0.3, -0.25) is 4.79 Å². The predicted molar refractivity (Wildman–Crippen MR) is 50.2 cm³/mol. The number of carbonyl (C=O) groups is 1. The molecule has 66 valence electrons. The smallest absolute Gasteiger partial charge is 0.221 e. The number of nitriles is 1. The first-order valence-corrected chi connectivity index (χ1v) is 3.92. The van der Waals surface area contributed by atoms with Crippen LogP contribution in [0.2, 0.25) is 0 Å². The van der Waals surface area contributed by atoms with E-state index in [1.54, 1.807) is 12.1 Å². The second-order valence-electron chi connectivity index (χ2n) is 2.82. The van der Waals surface area contributed by atoms with Crippen LogP contribution in [-0.4, -0.2) is 5.91 Å². The number of hydrogen-bond acceptors (Lipinski definition) is 2. The summed E-state index contributed by atoms with van der Waals surface area (Å²) in [5.41, 5.74) is 2.20. The molecule has 0 atom stereocenters. The van der Waals surface area contributed by atoms with Gasteiger partial charge in [-0.2, -0.15) is 5.26 Å². The molecule has 0 fully saturated rings. The normalized spacial score (nSPS) is 9.00. The molecule has 0 bridgehead atoms. The number of hydrogen-bond donors (Lipinski definition) is 1. The number of carbonyl (C=O) groups excluding carboxylic acids is 1. The van der Waals surface area contributed by atoms with Crippen LogP contribution in [0.3, 0.4) is 0 Å². The van der Waals surface area contributed by atoms with Crippen LogP contribution in [0.1, 0.15) is 18.1 Å². The molecular weight excluding hydrogens is 164 g/mol. The van der Waals surface area contributed by atoms with Crippen molar-refractivity contribution in [1.82, 2.24) is 0 Å².